The van der Waals surface area contributed by atoms with E-state index in [2.05, 4.69) is 16.0 Å². The molecule has 4 heteroatoms. The molecule has 1 aromatic heterocycles. The van der Waals surface area contributed by atoms with Gasteiger partial charge >= 0.3 is 0 Å². The highest BCUT2D eigenvalue weighted by Gasteiger charge is 2.31. The van der Waals surface area contributed by atoms with E-state index in [4.69, 9.17) is 0 Å². The Hall–Kier alpha value is -2.12. The summed E-state index contributed by atoms with van der Waals surface area (Å²) < 4.78 is 0. The molecule has 1 N–H and O–H groups in total. The summed E-state index contributed by atoms with van der Waals surface area (Å²) in [5, 5.41) is 19.6. The van der Waals surface area contributed by atoms with Gasteiger partial charge in [-0.05, 0) is 18.9 Å². The second-order valence-corrected chi connectivity index (χ2v) is 4.80. The SMILES string of the molecule is N#Cc1cnc2ccccc2c1N(CCO)C1CC1. The zero-order valence-electron chi connectivity index (χ0n) is 10.6. The van der Waals surface area contributed by atoms with Crippen molar-refractivity contribution >= 4 is 16.6 Å². The molecule has 2 aromatic rings. The van der Waals surface area contributed by atoms with Crippen molar-refractivity contribution in [1.29, 1.82) is 5.26 Å². The predicted octanol–water partition coefficient (Wildman–Crippen LogP) is 2.07. The summed E-state index contributed by atoms with van der Waals surface area (Å²) in [5.74, 6) is 0. The molecule has 1 aliphatic rings. The van der Waals surface area contributed by atoms with E-state index < -0.39 is 0 Å². The average Bonchev–Trinajstić information content (AvgIpc) is 3.28. The lowest BCUT2D eigenvalue weighted by Crippen LogP contribution is -2.29. The van der Waals surface area contributed by atoms with Gasteiger partial charge in [0.1, 0.15) is 6.07 Å². The van der Waals surface area contributed by atoms with Gasteiger partial charge in [0.2, 0.25) is 0 Å². The molecule has 3 rings (SSSR count). The third-order valence-corrected chi connectivity index (χ3v) is 3.48. The molecule has 4 nitrogen and oxygen atoms in total. The molecule has 0 aliphatic heterocycles. The quantitative estimate of drug-likeness (QED) is 0.906. The summed E-state index contributed by atoms with van der Waals surface area (Å²) in [6.45, 7) is 0.658. The van der Waals surface area contributed by atoms with Gasteiger partial charge in [0, 0.05) is 24.2 Å². The molecule has 0 atom stereocenters. The number of hydrogen-bond acceptors (Lipinski definition) is 4. The van der Waals surface area contributed by atoms with Crippen LogP contribution in [0.2, 0.25) is 0 Å². The van der Waals surface area contributed by atoms with Crippen LogP contribution in [0.25, 0.3) is 10.9 Å². The van der Waals surface area contributed by atoms with E-state index >= 15 is 0 Å². The first-order chi connectivity index (χ1) is 9.35. The fourth-order valence-electron chi connectivity index (χ4n) is 2.49. The van der Waals surface area contributed by atoms with Crippen LogP contribution in [0, 0.1) is 11.3 Å². The Balaban J connectivity index is 2.21. The third kappa shape index (κ3) is 2.13. The number of hydrogen-bond donors (Lipinski definition) is 1. The molecule has 1 aliphatic carbocycles. The number of pyridine rings is 1. The van der Waals surface area contributed by atoms with Crippen molar-refractivity contribution in [2.24, 2.45) is 0 Å². The molecule has 1 fully saturated rings. The zero-order valence-corrected chi connectivity index (χ0v) is 10.6. The van der Waals surface area contributed by atoms with Gasteiger partial charge in [0.05, 0.1) is 23.4 Å². The number of aromatic nitrogens is 1. The van der Waals surface area contributed by atoms with Crippen LogP contribution in [-0.4, -0.2) is 29.3 Å². The molecular weight excluding hydrogens is 238 g/mol. The first-order valence-electron chi connectivity index (χ1n) is 6.50. The van der Waals surface area contributed by atoms with Crippen molar-refractivity contribution in [2.45, 2.75) is 18.9 Å². The van der Waals surface area contributed by atoms with Crippen LogP contribution in [0.1, 0.15) is 18.4 Å². The van der Waals surface area contributed by atoms with E-state index in [9.17, 15) is 10.4 Å². The Morgan fingerprint density at radius 2 is 2.16 bits per heavy atom. The monoisotopic (exact) mass is 253 g/mol. The van der Waals surface area contributed by atoms with Crippen molar-refractivity contribution in [3.63, 3.8) is 0 Å². The van der Waals surface area contributed by atoms with Gasteiger partial charge in [0.15, 0.2) is 0 Å². The van der Waals surface area contributed by atoms with Gasteiger partial charge in [-0.3, -0.25) is 4.98 Å². The van der Waals surface area contributed by atoms with Gasteiger partial charge < -0.3 is 10.0 Å². The van der Waals surface area contributed by atoms with Gasteiger partial charge in [-0.2, -0.15) is 5.26 Å². The lowest BCUT2D eigenvalue weighted by atomic mass is 10.1. The lowest BCUT2D eigenvalue weighted by molar-refractivity contribution is 0.301. The zero-order chi connectivity index (χ0) is 13.2. The van der Waals surface area contributed by atoms with Gasteiger partial charge in [0.25, 0.3) is 0 Å². The second kappa shape index (κ2) is 4.87. The first-order valence-corrected chi connectivity index (χ1v) is 6.50. The topological polar surface area (TPSA) is 60.2 Å². The van der Waals surface area contributed by atoms with Crippen LogP contribution < -0.4 is 4.90 Å². The van der Waals surface area contributed by atoms with Crippen LogP contribution in [0.4, 0.5) is 5.69 Å². The van der Waals surface area contributed by atoms with Crippen LogP contribution in [0.3, 0.4) is 0 Å². The molecule has 1 aromatic carbocycles. The van der Waals surface area contributed by atoms with Crippen molar-refractivity contribution in [3.8, 4) is 6.07 Å². The Bertz CT molecular complexity index is 643. The molecule has 19 heavy (non-hydrogen) atoms. The summed E-state index contributed by atoms with van der Waals surface area (Å²) in [6, 6.07) is 10.5. The predicted molar refractivity (Wildman–Crippen MR) is 73.9 cm³/mol. The third-order valence-electron chi connectivity index (χ3n) is 3.48. The highest BCUT2D eigenvalue weighted by molar-refractivity contribution is 5.94. The molecule has 1 heterocycles. The number of para-hydroxylation sites is 1. The Morgan fingerprint density at radius 3 is 2.84 bits per heavy atom. The van der Waals surface area contributed by atoms with Crippen molar-refractivity contribution < 1.29 is 5.11 Å². The molecule has 0 saturated heterocycles. The van der Waals surface area contributed by atoms with Gasteiger partial charge in [-0.25, -0.2) is 0 Å². The number of anilines is 1. The van der Waals surface area contributed by atoms with Crippen LogP contribution in [0.5, 0.6) is 0 Å². The molecule has 0 bridgehead atoms. The highest BCUT2D eigenvalue weighted by Crippen LogP contribution is 2.37. The molecule has 0 amide bonds. The minimum absolute atomic E-state index is 0.0953. The van der Waals surface area contributed by atoms with E-state index in [0.717, 1.165) is 29.4 Å². The minimum Gasteiger partial charge on any atom is -0.395 e. The first kappa shape index (κ1) is 11.9. The molecule has 1 saturated carbocycles. The summed E-state index contributed by atoms with van der Waals surface area (Å²) in [6.07, 6.45) is 3.88. The molecular formula is C15H15N3O. The number of rotatable bonds is 4. The number of aliphatic hydroxyl groups excluding tert-OH is 1. The summed E-state index contributed by atoms with van der Waals surface area (Å²) >= 11 is 0. The average molecular weight is 253 g/mol. The Labute approximate surface area is 111 Å². The number of aliphatic hydroxyl groups is 1. The number of nitriles is 1. The maximum Gasteiger partial charge on any atom is 0.103 e. The largest absolute Gasteiger partial charge is 0.395 e. The van der Waals surface area contributed by atoms with Crippen LogP contribution in [0.15, 0.2) is 30.5 Å². The molecule has 0 spiro atoms. The second-order valence-electron chi connectivity index (χ2n) is 4.80. The minimum atomic E-state index is 0.0953. The van der Waals surface area contributed by atoms with Crippen LogP contribution >= 0.6 is 0 Å². The van der Waals surface area contributed by atoms with Crippen LogP contribution in [-0.2, 0) is 0 Å². The summed E-state index contributed by atoms with van der Waals surface area (Å²) in [4.78, 5) is 6.48. The number of fused-ring (bicyclic) bond motifs is 1. The van der Waals surface area contributed by atoms with Gasteiger partial charge in [-0.15, -0.1) is 0 Å². The molecule has 96 valence electrons. The summed E-state index contributed by atoms with van der Waals surface area (Å²) in [7, 11) is 0. The smallest absolute Gasteiger partial charge is 0.103 e. The Morgan fingerprint density at radius 1 is 1.37 bits per heavy atom. The fourth-order valence-corrected chi connectivity index (χ4v) is 2.49. The van der Waals surface area contributed by atoms with Crippen molar-refractivity contribution in [3.05, 3.63) is 36.0 Å². The summed E-state index contributed by atoms with van der Waals surface area (Å²) in [5.41, 5.74) is 2.39. The van der Waals surface area contributed by atoms with E-state index in [1.165, 1.54) is 0 Å². The van der Waals surface area contributed by atoms with Crippen molar-refractivity contribution in [1.82, 2.24) is 4.98 Å². The van der Waals surface area contributed by atoms with Crippen molar-refractivity contribution in [2.75, 3.05) is 18.1 Å². The van der Waals surface area contributed by atoms with E-state index in [-0.39, 0.29) is 6.61 Å². The Kier molecular flexibility index (Phi) is 3.06. The fraction of sp³-hybridized carbons (Fsp3) is 0.333. The number of nitrogens with zero attached hydrogens (tertiary/aromatic N) is 3. The molecule has 0 radical (unpaired) electrons. The standard InChI is InChI=1S/C15H15N3O/c16-9-11-10-17-14-4-2-1-3-13(14)15(11)18(7-8-19)12-5-6-12/h1-4,10,12,19H,5-8H2. The maximum absolute atomic E-state index is 9.32. The van der Waals surface area contributed by atoms with E-state index in [1.807, 2.05) is 24.3 Å². The van der Waals surface area contributed by atoms with E-state index in [0.29, 0.717) is 18.2 Å². The van der Waals surface area contributed by atoms with Gasteiger partial charge in [-0.1, -0.05) is 18.2 Å². The molecule has 0 unspecified atom stereocenters. The normalized spacial score (nSPS) is 14.3. The number of benzene rings is 1. The highest BCUT2D eigenvalue weighted by atomic mass is 16.3. The lowest BCUT2D eigenvalue weighted by Gasteiger charge is -2.26. The van der Waals surface area contributed by atoms with E-state index in [1.54, 1.807) is 6.20 Å². The maximum atomic E-state index is 9.32.